The highest BCUT2D eigenvalue weighted by molar-refractivity contribution is 5.88. The molecule has 202 valence electrons. The number of carbonyl (C=O) groups excluding carboxylic acids is 1. The third kappa shape index (κ3) is 3.11. The lowest BCUT2D eigenvalue weighted by molar-refractivity contribution is -0.215. The number of nitrogens with zero attached hydrogens (tertiary/aromatic N) is 2. The van der Waals surface area contributed by atoms with Crippen LogP contribution in [0.2, 0.25) is 0 Å². The minimum atomic E-state index is -2.08. The molecule has 2 fully saturated rings. The summed E-state index contributed by atoms with van der Waals surface area (Å²) in [7, 11) is 0. The number of para-hydroxylation sites is 1. The zero-order chi connectivity index (χ0) is 27.2. The van der Waals surface area contributed by atoms with Gasteiger partial charge in [-0.15, -0.1) is 0 Å². The van der Waals surface area contributed by atoms with Crippen molar-refractivity contribution in [3.63, 3.8) is 0 Å². The molecule has 1 heterocycles. The zero-order valence-corrected chi connectivity index (χ0v) is 22.2. The second-order valence-electron chi connectivity index (χ2n) is 12.3. The Kier molecular flexibility index (Phi) is 5.61. The van der Waals surface area contributed by atoms with Crippen molar-refractivity contribution in [3.8, 4) is 5.69 Å². The Hall–Kier alpha value is -2.78. The molecule has 0 radical (unpaired) electrons. The van der Waals surface area contributed by atoms with E-state index in [4.69, 9.17) is 4.74 Å². The van der Waals surface area contributed by atoms with E-state index < -0.39 is 41.9 Å². The molecule has 1 aromatic carbocycles. The van der Waals surface area contributed by atoms with Gasteiger partial charge < -0.3 is 25.2 Å². The van der Waals surface area contributed by atoms with E-state index in [2.05, 4.69) is 18.9 Å². The maximum Gasteiger partial charge on any atom is 0.357 e. The summed E-state index contributed by atoms with van der Waals surface area (Å²) < 4.78 is 7.49. The number of aliphatic hydroxyl groups excluding tert-OH is 3. The third-order valence-electron chi connectivity index (χ3n) is 10.2. The molecule has 2 saturated carbocycles. The van der Waals surface area contributed by atoms with Crippen LogP contribution in [0.15, 0.2) is 65.9 Å². The second-order valence-corrected chi connectivity index (χ2v) is 12.3. The number of aromatic nitrogens is 2. The summed E-state index contributed by atoms with van der Waals surface area (Å²) in [6, 6.07) is 10.7. The third-order valence-corrected chi connectivity index (χ3v) is 10.2. The molecule has 9 atom stereocenters. The number of esters is 1. The highest BCUT2D eigenvalue weighted by atomic mass is 16.6. The van der Waals surface area contributed by atoms with Crippen LogP contribution in [0.3, 0.4) is 0 Å². The molecule has 38 heavy (non-hydrogen) atoms. The summed E-state index contributed by atoms with van der Waals surface area (Å²) >= 11 is 0. The summed E-state index contributed by atoms with van der Waals surface area (Å²) in [4.78, 5) is 13.6. The molecule has 2 bridgehead atoms. The van der Waals surface area contributed by atoms with Gasteiger partial charge in [0.15, 0.2) is 11.8 Å². The van der Waals surface area contributed by atoms with Gasteiger partial charge in [-0.25, -0.2) is 9.48 Å². The maximum absolute atomic E-state index is 13.6. The van der Waals surface area contributed by atoms with Gasteiger partial charge in [0.25, 0.3) is 0 Å². The first-order chi connectivity index (χ1) is 18.0. The van der Waals surface area contributed by atoms with E-state index in [9.17, 15) is 25.2 Å². The number of rotatable bonds is 4. The molecule has 4 N–H and O–H groups in total. The predicted octanol–water partition coefficient (Wildman–Crippen LogP) is 2.66. The zero-order valence-electron chi connectivity index (χ0n) is 22.2. The Morgan fingerprint density at radius 2 is 1.89 bits per heavy atom. The number of hydrogen-bond donors (Lipinski definition) is 4. The Balaban J connectivity index is 1.43. The van der Waals surface area contributed by atoms with Crippen LogP contribution in [-0.4, -0.2) is 66.7 Å². The van der Waals surface area contributed by atoms with Crippen LogP contribution in [0.4, 0.5) is 0 Å². The summed E-state index contributed by atoms with van der Waals surface area (Å²) in [6.45, 7) is 7.66. The fourth-order valence-electron chi connectivity index (χ4n) is 8.30. The normalized spacial score (nSPS) is 40.7. The highest BCUT2D eigenvalue weighted by Crippen LogP contribution is 2.72. The molecular weight excluding hydrogens is 484 g/mol. The smallest absolute Gasteiger partial charge is 0.357 e. The van der Waals surface area contributed by atoms with Crippen molar-refractivity contribution in [1.29, 1.82) is 0 Å². The highest BCUT2D eigenvalue weighted by Gasteiger charge is 2.76. The number of carbonyl (C=O) groups is 1. The SMILES string of the molecule is CC1=C[C@]23C(O)[C@@H](C=C(CO)[C@@H](O)[C@]2(O)[C@H]1OC(=O)c1ccnn1-c1ccccc1)[C@H]1[C@@H](C[C@H]3C)C1(C)C. The Labute approximate surface area is 222 Å². The number of hydrogen-bond acceptors (Lipinski definition) is 7. The van der Waals surface area contributed by atoms with Crippen LogP contribution < -0.4 is 0 Å². The first-order valence-corrected chi connectivity index (χ1v) is 13.4. The molecule has 1 spiro atoms. The lowest BCUT2D eigenvalue weighted by Gasteiger charge is -2.52. The summed E-state index contributed by atoms with van der Waals surface area (Å²) in [6.07, 6.45) is 2.04. The Bertz CT molecular complexity index is 1330. The molecule has 4 aliphatic rings. The van der Waals surface area contributed by atoms with Crippen molar-refractivity contribution in [2.75, 3.05) is 6.61 Å². The van der Waals surface area contributed by atoms with Crippen molar-refractivity contribution >= 4 is 5.97 Å². The van der Waals surface area contributed by atoms with Crippen molar-refractivity contribution in [3.05, 3.63) is 71.6 Å². The fourth-order valence-corrected chi connectivity index (χ4v) is 8.30. The second kappa shape index (κ2) is 8.36. The molecule has 1 unspecified atom stereocenters. The molecule has 4 aliphatic carbocycles. The largest absolute Gasteiger partial charge is 0.450 e. The van der Waals surface area contributed by atoms with E-state index in [-0.39, 0.29) is 34.4 Å². The summed E-state index contributed by atoms with van der Waals surface area (Å²) in [5.74, 6) is -0.800. The molecule has 1 aromatic heterocycles. The minimum Gasteiger partial charge on any atom is -0.450 e. The summed E-state index contributed by atoms with van der Waals surface area (Å²) in [5, 5.41) is 50.9. The predicted molar refractivity (Wildman–Crippen MR) is 139 cm³/mol. The van der Waals surface area contributed by atoms with Gasteiger partial charge >= 0.3 is 5.97 Å². The standard InChI is InChI=1S/C30H36N2O6/c1-16-14-29-17(2)12-21-23(28(21,3)4)20(25(29)35)13-18(15-33)24(34)30(29,37)26(16)38-27(36)22-10-11-31-32(22)19-8-6-5-7-9-19/h5-11,13-14,17,20-21,23-26,33-35,37H,12,15H2,1-4H3/t17-,20+,21-,23+,24-,25?,26+,29+,30+/m1/s1. The van der Waals surface area contributed by atoms with E-state index >= 15 is 0 Å². The van der Waals surface area contributed by atoms with Crippen LogP contribution in [0.25, 0.3) is 5.69 Å². The van der Waals surface area contributed by atoms with Crippen molar-refractivity contribution in [2.45, 2.75) is 58.0 Å². The van der Waals surface area contributed by atoms with Gasteiger partial charge in [0.05, 0.1) is 30.0 Å². The van der Waals surface area contributed by atoms with Crippen LogP contribution >= 0.6 is 0 Å². The van der Waals surface area contributed by atoms with E-state index in [1.165, 1.54) is 10.9 Å². The molecule has 6 rings (SSSR count). The minimum absolute atomic E-state index is 0.00503. The van der Waals surface area contributed by atoms with Crippen LogP contribution in [0, 0.1) is 34.5 Å². The quantitative estimate of drug-likeness (QED) is 0.361. The van der Waals surface area contributed by atoms with E-state index in [0.717, 1.165) is 6.42 Å². The average molecular weight is 521 g/mol. The van der Waals surface area contributed by atoms with Gasteiger partial charge in [-0.3, -0.25) is 0 Å². The van der Waals surface area contributed by atoms with Crippen LogP contribution in [0.1, 0.15) is 44.6 Å². The molecule has 8 heteroatoms. The van der Waals surface area contributed by atoms with Gasteiger partial charge in [-0.1, -0.05) is 51.1 Å². The molecule has 2 aromatic rings. The lowest BCUT2D eigenvalue weighted by Crippen LogP contribution is -2.66. The molecule has 0 amide bonds. The van der Waals surface area contributed by atoms with Gasteiger partial charge in [-0.2, -0.15) is 5.10 Å². The van der Waals surface area contributed by atoms with Gasteiger partial charge in [0, 0.05) is 5.92 Å². The first kappa shape index (κ1) is 25.5. The van der Waals surface area contributed by atoms with E-state index in [1.54, 1.807) is 19.1 Å². The number of ether oxygens (including phenoxy) is 1. The number of aliphatic hydroxyl groups is 4. The fraction of sp³-hybridized carbons (Fsp3) is 0.533. The van der Waals surface area contributed by atoms with Crippen molar-refractivity contribution in [1.82, 2.24) is 9.78 Å². The van der Waals surface area contributed by atoms with Gasteiger partial charge in [-0.05, 0) is 65.9 Å². The maximum atomic E-state index is 13.6. The molecule has 0 saturated heterocycles. The van der Waals surface area contributed by atoms with Crippen LogP contribution in [0.5, 0.6) is 0 Å². The monoisotopic (exact) mass is 520 g/mol. The molecular formula is C30H36N2O6. The molecule has 0 aliphatic heterocycles. The van der Waals surface area contributed by atoms with Crippen molar-refractivity contribution < 1.29 is 30.0 Å². The first-order valence-electron chi connectivity index (χ1n) is 13.4. The molecule has 8 nitrogen and oxygen atoms in total. The Morgan fingerprint density at radius 1 is 1.18 bits per heavy atom. The van der Waals surface area contributed by atoms with Gasteiger partial charge in [0.1, 0.15) is 11.7 Å². The van der Waals surface area contributed by atoms with Crippen LogP contribution in [-0.2, 0) is 4.74 Å². The van der Waals surface area contributed by atoms with E-state index in [1.807, 2.05) is 43.3 Å². The average Bonchev–Trinajstić information content (AvgIpc) is 3.20. The summed E-state index contributed by atoms with van der Waals surface area (Å²) in [5.41, 5.74) is -1.70. The van der Waals surface area contributed by atoms with Gasteiger partial charge in [0.2, 0.25) is 0 Å². The lowest BCUT2D eigenvalue weighted by atomic mass is 9.58. The van der Waals surface area contributed by atoms with Crippen molar-refractivity contribution in [2.24, 2.45) is 34.5 Å². The van der Waals surface area contributed by atoms with E-state index in [0.29, 0.717) is 17.2 Å². The number of benzene rings is 1. The number of fused-ring (bicyclic) bond motifs is 3. The Morgan fingerprint density at radius 3 is 2.58 bits per heavy atom. The topological polar surface area (TPSA) is 125 Å².